The third-order valence-electron chi connectivity index (χ3n) is 4.98. The van der Waals surface area contributed by atoms with Crippen LogP contribution in [0.3, 0.4) is 0 Å². The zero-order valence-corrected chi connectivity index (χ0v) is 15.4. The maximum Gasteiger partial charge on any atom is 0.0386 e. The molecule has 0 radical (unpaired) electrons. The molecule has 122 valence electrons. The van der Waals surface area contributed by atoms with Crippen LogP contribution >= 0.6 is 22.7 Å². The van der Waals surface area contributed by atoms with E-state index in [4.69, 9.17) is 0 Å². The van der Waals surface area contributed by atoms with Gasteiger partial charge in [0, 0.05) is 52.7 Å². The molecule has 3 aromatic heterocycles. The second-order valence-electron chi connectivity index (χ2n) is 6.49. The molecule has 26 heavy (non-hydrogen) atoms. The average molecular weight is 367 g/mol. The predicted octanol–water partition coefficient (Wildman–Crippen LogP) is 7.48. The molecule has 0 aliphatic rings. The first-order chi connectivity index (χ1) is 12.9. The molecule has 0 aliphatic heterocycles. The fourth-order valence-corrected chi connectivity index (χ4v) is 5.96. The van der Waals surface area contributed by atoms with Gasteiger partial charge in [-0.15, -0.1) is 22.7 Å². The number of pyridine rings is 1. The Labute approximate surface area is 158 Å². The van der Waals surface area contributed by atoms with Gasteiger partial charge in [-0.3, -0.25) is 4.98 Å². The fourth-order valence-electron chi connectivity index (χ4n) is 3.71. The van der Waals surface area contributed by atoms with Crippen molar-refractivity contribution in [3.63, 3.8) is 0 Å². The van der Waals surface area contributed by atoms with Crippen LogP contribution in [0.1, 0.15) is 0 Å². The SMILES string of the molecule is c1ccc2c(c1)sc1cc(-c3ccc4c(c3)sc3ccncc34)ccc12. The zero-order chi connectivity index (χ0) is 17.1. The van der Waals surface area contributed by atoms with E-state index in [9.17, 15) is 0 Å². The summed E-state index contributed by atoms with van der Waals surface area (Å²) in [6, 6.07) is 24.4. The highest BCUT2D eigenvalue weighted by Gasteiger charge is 2.09. The first-order valence-electron chi connectivity index (χ1n) is 8.55. The molecule has 0 aliphatic carbocycles. The highest BCUT2D eigenvalue weighted by Crippen LogP contribution is 2.39. The summed E-state index contributed by atoms with van der Waals surface area (Å²) < 4.78 is 5.32. The number of hydrogen-bond acceptors (Lipinski definition) is 3. The van der Waals surface area contributed by atoms with Crippen LogP contribution in [0.25, 0.3) is 51.5 Å². The molecule has 6 aromatic rings. The van der Waals surface area contributed by atoms with Gasteiger partial charge in [0.2, 0.25) is 0 Å². The molecule has 6 rings (SSSR count). The molecule has 0 N–H and O–H groups in total. The van der Waals surface area contributed by atoms with Gasteiger partial charge in [-0.25, -0.2) is 0 Å². The minimum Gasteiger partial charge on any atom is -0.264 e. The van der Waals surface area contributed by atoms with Crippen LogP contribution in [-0.4, -0.2) is 4.98 Å². The molecule has 0 saturated carbocycles. The number of thiophene rings is 2. The third kappa shape index (κ3) is 2.05. The van der Waals surface area contributed by atoms with Crippen LogP contribution in [0.2, 0.25) is 0 Å². The molecule has 0 bridgehead atoms. The van der Waals surface area contributed by atoms with Crippen molar-refractivity contribution in [2.24, 2.45) is 0 Å². The first kappa shape index (κ1) is 14.4. The summed E-state index contributed by atoms with van der Waals surface area (Å²) in [6.07, 6.45) is 3.84. The standard InChI is InChI=1S/C23H13NS2/c1-2-4-20-16(3-1)17-7-5-14(11-22(17)25-20)15-6-8-18-19-13-24-10-9-21(19)26-23(18)12-15/h1-13H. The Morgan fingerprint density at radius 3 is 1.92 bits per heavy atom. The van der Waals surface area contributed by atoms with Crippen molar-refractivity contribution >= 4 is 63.0 Å². The van der Waals surface area contributed by atoms with Gasteiger partial charge < -0.3 is 0 Å². The zero-order valence-electron chi connectivity index (χ0n) is 13.8. The lowest BCUT2D eigenvalue weighted by atomic mass is 10.0. The Morgan fingerprint density at radius 1 is 0.538 bits per heavy atom. The molecule has 0 amide bonds. The van der Waals surface area contributed by atoms with Crippen LogP contribution < -0.4 is 0 Å². The highest BCUT2D eigenvalue weighted by molar-refractivity contribution is 7.26. The minimum atomic E-state index is 1.25. The van der Waals surface area contributed by atoms with Gasteiger partial charge in [-0.05, 0) is 35.4 Å². The van der Waals surface area contributed by atoms with Crippen molar-refractivity contribution in [3.05, 3.63) is 79.1 Å². The van der Waals surface area contributed by atoms with Gasteiger partial charge in [0.05, 0.1) is 0 Å². The predicted molar refractivity (Wildman–Crippen MR) is 115 cm³/mol. The van der Waals surface area contributed by atoms with Crippen molar-refractivity contribution in [1.29, 1.82) is 0 Å². The molecule has 3 heteroatoms. The van der Waals surface area contributed by atoms with E-state index in [-0.39, 0.29) is 0 Å². The van der Waals surface area contributed by atoms with E-state index in [0.29, 0.717) is 0 Å². The minimum absolute atomic E-state index is 1.25. The van der Waals surface area contributed by atoms with Crippen molar-refractivity contribution < 1.29 is 0 Å². The van der Waals surface area contributed by atoms with Gasteiger partial charge in [-0.2, -0.15) is 0 Å². The molecular weight excluding hydrogens is 354 g/mol. The number of rotatable bonds is 1. The van der Waals surface area contributed by atoms with Gasteiger partial charge in [0.1, 0.15) is 0 Å². The highest BCUT2D eigenvalue weighted by atomic mass is 32.1. The molecule has 1 nitrogen and oxygen atoms in total. The lowest BCUT2D eigenvalue weighted by Crippen LogP contribution is -1.77. The molecule has 0 unspecified atom stereocenters. The van der Waals surface area contributed by atoms with Crippen LogP contribution in [-0.2, 0) is 0 Å². The van der Waals surface area contributed by atoms with E-state index < -0.39 is 0 Å². The smallest absolute Gasteiger partial charge is 0.0386 e. The maximum absolute atomic E-state index is 4.28. The lowest BCUT2D eigenvalue weighted by Gasteiger charge is -2.03. The van der Waals surface area contributed by atoms with Crippen molar-refractivity contribution in [2.45, 2.75) is 0 Å². The Hall–Kier alpha value is -2.75. The van der Waals surface area contributed by atoms with E-state index in [2.05, 4.69) is 71.7 Å². The maximum atomic E-state index is 4.28. The monoisotopic (exact) mass is 367 g/mol. The third-order valence-corrected chi connectivity index (χ3v) is 7.25. The first-order valence-corrected chi connectivity index (χ1v) is 10.2. The summed E-state index contributed by atoms with van der Waals surface area (Å²) >= 11 is 3.71. The molecule has 3 heterocycles. The van der Waals surface area contributed by atoms with Crippen molar-refractivity contribution in [1.82, 2.24) is 4.98 Å². The Balaban J connectivity index is 1.57. The number of benzene rings is 3. The topological polar surface area (TPSA) is 12.9 Å². The quantitative estimate of drug-likeness (QED) is 0.293. The fraction of sp³-hybridized carbons (Fsp3) is 0. The second-order valence-corrected chi connectivity index (χ2v) is 8.66. The normalized spacial score (nSPS) is 11.8. The Kier molecular flexibility index (Phi) is 2.98. The second kappa shape index (κ2) is 5.37. The molecule has 3 aromatic carbocycles. The summed E-state index contributed by atoms with van der Waals surface area (Å²) in [5, 5.41) is 5.25. The average Bonchev–Trinajstić information content (AvgIpc) is 3.24. The van der Waals surface area contributed by atoms with Crippen LogP contribution in [0.5, 0.6) is 0 Å². The summed E-state index contributed by atoms with van der Waals surface area (Å²) in [4.78, 5) is 4.28. The van der Waals surface area contributed by atoms with E-state index in [1.54, 1.807) is 0 Å². The van der Waals surface area contributed by atoms with Crippen LogP contribution in [0.15, 0.2) is 79.1 Å². The van der Waals surface area contributed by atoms with Gasteiger partial charge in [0.15, 0.2) is 0 Å². The van der Waals surface area contributed by atoms with Crippen LogP contribution in [0.4, 0.5) is 0 Å². The Bertz CT molecular complexity index is 1330. The number of hydrogen-bond donors (Lipinski definition) is 0. The van der Waals surface area contributed by atoms with E-state index in [1.807, 2.05) is 35.1 Å². The summed E-state index contributed by atoms with van der Waals surface area (Å²) in [5.74, 6) is 0. The van der Waals surface area contributed by atoms with Gasteiger partial charge >= 0.3 is 0 Å². The number of nitrogens with zero attached hydrogens (tertiary/aromatic N) is 1. The van der Waals surface area contributed by atoms with Gasteiger partial charge in [0.25, 0.3) is 0 Å². The molecule has 0 fully saturated rings. The summed E-state index contributed by atoms with van der Waals surface area (Å²) in [5.41, 5.74) is 2.55. The van der Waals surface area contributed by atoms with Crippen molar-refractivity contribution in [2.75, 3.05) is 0 Å². The summed E-state index contributed by atoms with van der Waals surface area (Å²) in [7, 11) is 0. The number of fused-ring (bicyclic) bond motifs is 6. The van der Waals surface area contributed by atoms with Crippen molar-refractivity contribution in [3.8, 4) is 11.1 Å². The van der Waals surface area contributed by atoms with E-state index >= 15 is 0 Å². The summed E-state index contributed by atoms with van der Waals surface area (Å²) in [6.45, 7) is 0. The van der Waals surface area contributed by atoms with E-state index in [0.717, 1.165) is 0 Å². The molecular formula is C23H13NS2. The van der Waals surface area contributed by atoms with E-state index in [1.165, 1.54) is 51.5 Å². The van der Waals surface area contributed by atoms with Crippen LogP contribution in [0, 0.1) is 0 Å². The Morgan fingerprint density at radius 2 is 1.15 bits per heavy atom. The molecule has 0 saturated heterocycles. The molecule has 0 atom stereocenters. The largest absolute Gasteiger partial charge is 0.264 e. The molecule has 0 spiro atoms. The lowest BCUT2D eigenvalue weighted by molar-refractivity contribution is 1.37. The number of aromatic nitrogens is 1. The van der Waals surface area contributed by atoms with Gasteiger partial charge in [-0.1, -0.05) is 42.5 Å².